The molecule has 0 saturated heterocycles. The van der Waals surface area contributed by atoms with E-state index in [4.69, 9.17) is 4.52 Å². The third-order valence-corrected chi connectivity index (χ3v) is 3.25. The van der Waals surface area contributed by atoms with Crippen LogP contribution in [0.3, 0.4) is 0 Å². The van der Waals surface area contributed by atoms with Crippen LogP contribution in [-0.2, 0) is 24.2 Å². The highest BCUT2D eigenvalue weighted by Crippen LogP contribution is 2.36. The smallest absolute Gasteiger partial charge is 0.243 e. The zero-order valence-electron chi connectivity index (χ0n) is 10.4. The predicted octanol–water partition coefficient (Wildman–Crippen LogP) is 1.99. The predicted molar refractivity (Wildman–Crippen MR) is 64.4 cm³/mol. The maximum absolute atomic E-state index is 11.1. The van der Waals surface area contributed by atoms with Gasteiger partial charge >= 0.3 is 0 Å². The van der Waals surface area contributed by atoms with E-state index in [1.165, 1.54) is 11.6 Å². The van der Waals surface area contributed by atoms with Gasteiger partial charge in [0.1, 0.15) is 11.5 Å². The summed E-state index contributed by atoms with van der Waals surface area (Å²) in [6.45, 7) is 8.32. The minimum atomic E-state index is -0.184. The van der Waals surface area contributed by atoms with E-state index in [0.29, 0.717) is 6.54 Å². The second kappa shape index (κ2) is 4.35. The fourth-order valence-corrected chi connectivity index (χ4v) is 2.18. The molecule has 1 heterocycles. The first kappa shape index (κ1) is 11.9. The number of aryl methyl sites for hydroxylation is 1. The Morgan fingerprint density at radius 3 is 3.12 bits per heavy atom. The van der Waals surface area contributed by atoms with Crippen LogP contribution in [0.2, 0.25) is 0 Å². The third-order valence-electron chi connectivity index (χ3n) is 3.25. The van der Waals surface area contributed by atoms with Gasteiger partial charge in [-0.3, -0.25) is 4.79 Å². The van der Waals surface area contributed by atoms with Crippen molar-refractivity contribution in [2.45, 2.75) is 39.7 Å². The van der Waals surface area contributed by atoms with Gasteiger partial charge in [0, 0.05) is 12.0 Å². The van der Waals surface area contributed by atoms with Crippen LogP contribution >= 0.6 is 0 Å². The Balaban J connectivity index is 2.12. The van der Waals surface area contributed by atoms with Crippen LogP contribution in [0.15, 0.2) is 17.2 Å². The lowest BCUT2D eigenvalue weighted by Gasteiger charge is -2.28. The van der Waals surface area contributed by atoms with E-state index in [1.807, 2.05) is 0 Å². The molecule has 1 N–H and O–H groups in total. The first-order valence-electron chi connectivity index (χ1n) is 5.88. The van der Waals surface area contributed by atoms with Crippen molar-refractivity contribution < 1.29 is 9.32 Å². The topological polar surface area (TPSA) is 55.1 Å². The normalized spacial score (nSPS) is 17.3. The highest BCUT2D eigenvalue weighted by molar-refractivity contribution is 5.86. The number of fused-ring (bicyclic) bond motifs is 1. The summed E-state index contributed by atoms with van der Waals surface area (Å²) >= 11 is 0. The minimum absolute atomic E-state index is 0.184. The Kier molecular flexibility index (Phi) is 3.05. The van der Waals surface area contributed by atoms with Gasteiger partial charge in [0.15, 0.2) is 0 Å². The number of hydrogen-bond donors (Lipinski definition) is 1. The van der Waals surface area contributed by atoms with Crippen LogP contribution in [0.4, 0.5) is 0 Å². The molecule has 1 aromatic heterocycles. The van der Waals surface area contributed by atoms with Crippen LogP contribution in [0.1, 0.15) is 37.3 Å². The Morgan fingerprint density at radius 2 is 2.41 bits per heavy atom. The molecule has 1 aliphatic rings. The lowest BCUT2D eigenvalue weighted by atomic mass is 9.76. The van der Waals surface area contributed by atoms with Gasteiger partial charge in [-0.1, -0.05) is 25.6 Å². The Hall–Kier alpha value is -1.58. The summed E-state index contributed by atoms with van der Waals surface area (Å²) in [7, 11) is 0. The molecular weight excluding hydrogens is 216 g/mol. The molecule has 0 aliphatic heterocycles. The van der Waals surface area contributed by atoms with Gasteiger partial charge in [0.05, 0.1) is 6.54 Å². The van der Waals surface area contributed by atoms with Crippen molar-refractivity contribution >= 4 is 5.91 Å². The van der Waals surface area contributed by atoms with Crippen molar-refractivity contribution in [1.82, 2.24) is 10.5 Å². The van der Waals surface area contributed by atoms with Gasteiger partial charge in [-0.2, -0.15) is 0 Å². The number of carbonyl (C=O) groups is 1. The molecule has 2 rings (SSSR count). The summed E-state index contributed by atoms with van der Waals surface area (Å²) in [4.78, 5) is 11.1. The fourth-order valence-electron chi connectivity index (χ4n) is 2.18. The molecule has 0 aromatic carbocycles. The quantitative estimate of drug-likeness (QED) is 0.814. The average Bonchev–Trinajstić information content (AvgIpc) is 2.66. The SMILES string of the molecule is C=CC(=O)NCc1noc2c1CC(C)(C)CC2. The van der Waals surface area contributed by atoms with E-state index in [0.717, 1.165) is 30.7 Å². The number of rotatable bonds is 3. The van der Waals surface area contributed by atoms with Crippen molar-refractivity contribution in [1.29, 1.82) is 0 Å². The lowest BCUT2D eigenvalue weighted by Crippen LogP contribution is -2.24. The third kappa shape index (κ3) is 2.57. The summed E-state index contributed by atoms with van der Waals surface area (Å²) in [5, 5.41) is 6.78. The van der Waals surface area contributed by atoms with E-state index in [2.05, 4.69) is 30.9 Å². The second-order valence-corrected chi connectivity index (χ2v) is 5.29. The largest absolute Gasteiger partial charge is 0.361 e. The first-order valence-corrected chi connectivity index (χ1v) is 5.88. The van der Waals surface area contributed by atoms with Gasteiger partial charge in [0.2, 0.25) is 5.91 Å². The van der Waals surface area contributed by atoms with E-state index >= 15 is 0 Å². The van der Waals surface area contributed by atoms with Crippen LogP contribution in [0, 0.1) is 5.41 Å². The fraction of sp³-hybridized carbons (Fsp3) is 0.538. The van der Waals surface area contributed by atoms with Crippen LogP contribution < -0.4 is 5.32 Å². The Bertz CT molecular complexity index is 446. The van der Waals surface area contributed by atoms with Gasteiger partial charge in [-0.05, 0) is 24.3 Å². The van der Waals surface area contributed by atoms with E-state index in [-0.39, 0.29) is 11.3 Å². The highest BCUT2D eigenvalue weighted by Gasteiger charge is 2.30. The summed E-state index contributed by atoms with van der Waals surface area (Å²) in [5.41, 5.74) is 2.31. The van der Waals surface area contributed by atoms with Gasteiger partial charge in [-0.25, -0.2) is 0 Å². The molecule has 0 radical (unpaired) electrons. The van der Waals surface area contributed by atoms with Gasteiger partial charge < -0.3 is 9.84 Å². The molecule has 0 saturated carbocycles. The van der Waals surface area contributed by atoms with Crippen molar-refractivity contribution in [3.05, 3.63) is 29.7 Å². The Morgan fingerprint density at radius 1 is 1.65 bits per heavy atom. The number of nitrogens with one attached hydrogen (secondary N) is 1. The molecule has 92 valence electrons. The molecule has 0 fully saturated rings. The molecule has 1 amide bonds. The lowest BCUT2D eigenvalue weighted by molar-refractivity contribution is -0.116. The molecule has 0 unspecified atom stereocenters. The first-order chi connectivity index (χ1) is 8.02. The number of aromatic nitrogens is 1. The summed E-state index contributed by atoms with van der Waals surface area (Å²) in [6.07, 6.45) is 4.28. The van der Waals surface area contributed by atoms with Crippen molar-refractivity contribution in [3.8, 4) is 0 Å². The molecular formula is C13H18N2O2. The molecule has 4 nitrogen and oxygen atoms in total. The van der Waals surface area contributed by atoms with Gasteiger partial charge in [-0.15, -0.1) is 0 Å². The summed E-state index contributed by atoms with van der Waals surface area (Å²) in [6, 6.07) is 0. The molecule has 1 aliphatic carbocycles. The number of nitrogens with zero attached hydrogens (tertiary/aromatic N) is 1. The maximum Gasteiger partial charge on any atom is 0.243 e. The molecule has 0 bridgehead atoms. The molecule has 0 atom stereocenters. The maximum atomic E-state index is 11.1. The van der Waals surface area contributed by atoms with Crippen LogP contribution in [0.5, 0.6) is 0 Å². The van der Waals surface area contributed by atoms with E-state index in [1.54, 1.807) is 0 Å². The minimum Gasteiger partial charge on any atom is -0.361 e. The molecule has 4 heteroatoms. The highest BCUT2D eigenvalue weighted by atomic mass is 16.5. The van der Waals surface area contributed by atoms with Gasteiger partial charge in [0.25, 0.3) is 0 Å². The standard InChI is InChI=1S/C13H18N2O2/c1-4-12(16)14-8-10-9-7-13(2,3)6-5-11(9)17-15-10/h4H,1,5-8H2,2-3H3,(H,14,16). The number of amides is 1. The molecule has 17 heavy (non-hydrogen) atoms. The summed E-state index contributed by atoms with van der Waals surface area (Å²) < 4.78 is 5.32. The zero-order valence-corrected chi connectivity index (χ0v) is 10.4. The second-order valence-electron chi connectivity index (χ2n) is 5.29. The number of carbonyl (C=O) groups excluding carboxylic acids is 1. The number of hydrogen-bond acceptors (Lipinski definition) is 3. The monoisotopic (exact) mass is 234 g/mol. The van der Waals surface area contributed by atoms with E-state index in [9.17, 15) is 4.79 Å². The van der Waals surface area contributed by atoms with Crippen LogP contribution in [-0.4, -0.2) is 11.1 Å². The van der Waals surface area contributed by atoms with Crippen molar-refractivity contribution in [2.75, 3.05) is 0 Å². The zero-order chi connectivity index (χ0) is 12.5. The summed E-state index contributed by atoms with van der Waals surface area (Å²) in [5.74, 6) is 0.795. The van der Waals surface area contributed by atoms with Crippen LogP contribution in [0.25, 0.3) is 0 Å². The van der Waals surface area contributed by atoms with Crippen molar-refractivity contribution in [2.24, 2.45) is 5.41 Å². The van der Waals surface area contributed by atoms with E-state index < -0.39 is 0 Å². The molecule has 1 aromatic rings. The molecule has 0 spiro atoms. The Labute approximate surface area is 101 Å². The average molecular weight is 234 g/mol. The van der Waals surface area contributed by atoms with Crippen molar-refractivity contribution in [3.63, 3.8) is 0 Å².